The minimum absolute atomic E-state index is 0.0514. The Labute approximate surface area is 176 Å². The summed E-state index contributed by atoms with van der Waals surface area (Å²) >= 11 is 5.97. The first-order valence-electron chi connectivity index (χ1n) is 9.87. The molecule has 1 N–H and O–H groups in total. The van der Waals surface area contributed by atoms with Crippen LogP contribution in [0.4, 0.5) is 5.69 Å². The topological polar surface area (TPSA) is 63.7 Å². The first kappa shape index (κ1) is 20.1. The lowest BCUT2D eigenvalue weighted by Crippen LogP contribution is -2.70. The van der Waals surface area contributed by atoms with Crippen molar-refractivity contribution in [2.45, 2.75) is 31.2 Å². The molecule has 3 heterocycles. The summed E-state index contributed by atoms with van der Waals surface area (Å²) in [5.74, 6) is 0.766. The van der Waals surface area contributed by atoms with E-state index in [0.717, 1.165) is 18.8 Å². The van der Waals surface area contributed by atoms with Gasteiger partial charge in [0.2, 0.25) is 5.91 Å². The van der Waals surface area contributed by atoms with E-state index in [2.05, 4.69) is 41.2 Å². The second-order valence-electron chi connectivity index (χ2n) is 8.08. The van der Waals surface area contributed by atoms with Gasteiger partial charge >= 0.3 is 0 Å². The largest absolute Gasteiger partial charge is 0.494 e. The Balaban J connectivity index is 1.67. The number of rotatable bonds is 6. The molecule has 0 radical (unpaired) electrons. The molecule has 0 spiro atoms. The van der Waals surface area contributed by atoms with E-state index in [4.69, 9.17) is 21.1 Å². The first-order chi connectivity index (χ1) is 13.9. The predicted octanol–water partition coefficient (Wildman–Crippen LogP) is 3.46. The Kier molecular flexibility index (Phi) is 5.51. The average Bonchev–Trinajstić information content (AvgIpc) is 2.64. The van der Waals surface area contributed by atoms with Crippen molar-refractivity contribution in [1.29, 1.82) is 0 Å². The number of halogens is 1. The van der Waals surface area contributed by atoms with E-state index in [1.807, 2.05) is 12.1 Å². The highest BCUT2D eigenvalue weighted by atomic mass is 35.5. The Morgan fingerprint density at radius 2 is 2.07 bits per heavy atom. The van der Waals surface area contributed by atoms with E-state index in [9.17, 15) is 4.79 Å². The van der Waals surface area contributed by atoms with Crippen molar-refractivity contribution in [1.82, 2.24) is 9.88 Å². The summed E-state index contributed by atoms with van der Waals surface area (Å²) in [5, 5.41) is 3.37. The maximum Gasteiger partial charge on any atom is 0.237 e. The molecule has 4 rings (SSSR count). The molecule has 2 saturated heterocycles. The fraction of sp³-hybridized carbons (Fsp3) is 0.455. The van der Waals surface area contributed by atoms with Crippen LogP contribution in [0.15, 0.2) is 36.5 Å². The highest BCUT2D eigenvalue weighted by Crippen LogP contribution is 2.42. The molecule has 29 heavy (non-hydrogen) atoms. The van der Waals surface area contributed by atoms with Crippen LogP contribution in [0.25, 0.3) is 0 Å². The van der Waals surface area contributed by atoms with Crippen LogP contribution in [0.3, 0.4) is 0 Å². The van der Waals surface area contributed by atoms with E-state index in [-0.39, 0.29) is 5.91 Å². The number of carbonyl (C=O) groups excluding carboxylic acids is 1. The molecule has 1 amide bonds. The van der Waals surface area contributed by atoms with Gasteiger partial charge in [-0.05, 0) is 17.0 Å². The van der Waals surface area contributed by atoms with Gasteiger partial charge < -0.3 is 14.8 Å². The van der Waals surface area contributed by atoms with Gasteiger partial charge in [-0.2, -0.15) is 0 Å². The number of ether oxygens (including phenoxy) is 2. The third-order valence-corrected chi connectivity index (χ3v) is 6.12. The van der Waals surface area contributed by atoms with Crippen molar-refractivity contribution >= 4 is 23.2 Å². The highest BCUT2D eigenvalue weighted by Gasteiger charge is 2.54. The lowest BCUT2D eigenvalue weighted by atomic mass is 9.69. The molecule has 0 aliphatic carbocycles. The van der Waals surface area contributed by atoms with Crippen LogP contribution in [0.1, 0.15) is 30.9 Å². The van der Waals surface area contributed by atoms with Crippen molar-refractivity contribution in [3.8, 4) is 5.75 Å². The Morgan fingerprint density at radius 3 is 2.69 bits per heavy atom. The van der Waals surface area contributed by atoms with E-state index >= 15 is 0 Å². The molecule has 2 fully saturated rings. The molecule has 0 unspecified atom stereocenters. The number of hydrogen-bond acceptors (Lipinski definition) is 5. The summed E-state index contributed by atoms with van der Waals surface area (Å²) in [7, 11) is 1.55. The van der Waals surface area contributed by atoms with Gasteiger partial charge in [0, 0.05) is 19.2 Å². The van der Waals surface area contributed by atoms with Gasteiger partial charge in [0.25, 0.3) is 0 Å². The number of carbonyl (C=O) groups is 1. The Hall–Kier alpha value is -2.15. The summed E-state index contributed by atoms with van der Waals surface area (Å²) in [6.45, 7) is 7.12. The molecule has 1 aromatic carbocycles. The van der Waals surface area contributed by atoms with Crippen LogP contribution in [0.2, 0.25) is 5.15 Å². The van der Waals surface area contributed by atoms with Crippen LogP contribution >= 0.6 is 11.6 Å². The van der Waals surface area contributed by atoms with Crippen LogP contribution in [0.5, 0.6) is 5.75 Å². The number of aromatic nitrogens is 1. The van der Waals surface area contributed by atoms with E-state index in [0.29, 0.717) is 41.6 Å². The summed E-state index contributed by atoms with van der Waals surface area (Å²) in [6.07, 6.45) is 1.54. The number of likely N-dealkylation sites (tertiary alicyclic amines) is 1. The maximum absolute atomic E-state index is 13.6. The molecule has 0 saturated carbocycles. The Bertz CT molecular complexity index is 908. The molecule has 1 aromatic heterocycles. The zero-order valence-corrected chi connectivity index (χ0v) is 17.7. The second kappa shape index (κ2) is 7.94. The van der Waals surface area contributed by atoms with Crippen molar-refractivity contribution in [3.05, 3.63) is 52.8 Å². The summed E-state index contributed by atoms with van der Waals surface area (Å²) < 4.78 is 10.7. The normalized spacial score (nSPS) is 18.8. The van der Waals surface area contributed by atoms with Gasteiger partial charge in [0.1, 0.15) is 16.6 Å². The second-order valence-corrected chi connectivity index (χ2v) is 8.47. The van der Waals surface area contributed by atoms with Crippen LogP contribution in [-0.4, -0.2) is 55.2 Å². The van der Waals surface area contributed by atoms with Crippen LogP contribution in [-0.2, 0) is 14.9 Å². The SMILES string of the molecule is COc1cc(Cl)ncc1NC(=O)C1(c2ccccc2C(C)C)CN(C2COC2)C1. The Morgan fingerprint density at radius 1 is 1.34 bits per heavy atom. The highest BCUT2D eigenvalue weighted by molar-refractivity contribution is 6.29. The molecular weight excluding hydrogens is 390 g/mol. The van der Waals surface area contributed by atoms with Crippen LogP contribution in [0, 0.1) is 0 Å². The van der Waals surface area contributed by atoms with Gasteiger partial charge in [0.05, 0.1) is 38.0 Å². The zero-order chi connectivity index (χ0) is 20.6. The summed E-state index contributed by atoms with van der Waals surface area (Å²) in [4.78, 5) is 20.1. The van der Waals surface area contributed by atoms with Crippen molar-refractivity contribution in [2.75, 3.05) is 38.7 Å². The maximum atomic E-state index is 13.6. The third-order valence-electron chi connectivity index (χ3n) is 5.92. The predicted molar refractivity (Wildman–Crippen MR) is 113 cm³/mol. The van der Waals surface area contributed by atoms with Gasteiger partial charge in [-0.3, -0.25) is 9.69 Å². The summed E-state index contributed by atoms with van der Waals surface area (Å²) in [6, 6.07) is 10.2. The number of pyridine rings is 1. The summed E-state index contributed by atoms with van der Waals surface area (Å²) in [5.41, 5.74) is 2.19. The molecule has 6 nitrogen and oxygen atoms in total. The smallest absolute Gasteiger partial charge is 0.237 e. The number of nitrogens with one attached hydrogen (secondary N) is 1. The minimum atomic E-state index is -0.624. The third kappa shape index (κ3) is 3.61. The van der Waals surface area contributed by atoms with E-state index < -0.39 is 5.41 Å². The van der Waals surface area contributed by atoms with Gasteiger partial charge in [0.15, 0.2) is 0 Å². The fourth-order valence-electron chi connectivity index (χ4n) is 4.13. The molecule has 2 aromatic rings. The number of hydrogen-bond donors (Lipinski definition) is 1. The quantitative estimate of drug-likeness (QED) is 0.732. The fourth-order valence-corrected chi connectivity index (χ4v) is 4.28. The van der Waals surface area contributed by atoms with Crippen molar-refractivity contribution in [3.63, 3.8) is 0 Å². The van der Waals surface area contributed by atoms with E-state index in [1.165, 1.54) is 11.8 Å². The lowest BCUT2D eigenvalue weighted by Gasteiger charge is -2.54. The van der Waals surface area contributed by atoms with Gasteiger partial charge in [-0.25, -0.2) is 4.98 Å². The van der Waals surface area contributed by atoms with Crippen molar-refractivity contribution < 1.29 is 14.3 Å². The number of nitrogens with zero attached hydrogens (tertiary/aromatic N) is 2. The zero-order valence-electron chi connectivity index (χ0n) is 16.9. The number of amides is 1. The molecule has 0 bridgehead atoms. The monoisotopic (exact) mass is 415 g/mol. The van der Waals surface area contributed by atoms with E-state index in [1.54, 1.807) is 13.2 Å². The number of methoxy groups -OCH3 is 1. The number of anilines is 1. The molecule has 0 atom stereocenters. The van der Waals surface area contributed by atoms with Gasteiger partial charge in [-0.15, -0.1) is 0 Å². The molecule has 7 heteroatoms. The van der Waals surface area contributed by atoms with Crippen molar-refractivity contribution in [2.24, 2.45) is 0 Å². The minimum Gasteiger partial charge on any atom is -0.494 e. The van der Waals surface area contributed by atoms with Crippen LogP contribution < -0.4 is 10.1 Å². The molecule has 2 aliphatic rings. The average molecular weight is 416 g/mol. The lowest BCUT2D eigenvalue weighted by molar-refractivity contribution is -0.141. The standard InChI is InChI=1S/C22H26ClN3O3/c1-14(2)16-6-4-5-7-17(16)22(12-26(13-22)15-10-29-11-15)21(27)25-18-9-24-20(23)8-19(18)28-3/h4-9,14-15H,10-13H2,1-3H3,(H,25,27). The molecule has 2 aliphatic heterocycles. The number of benzene rings is 1. The molecule has 154 valence electrons. The molecular formula is C22H26ClN3O3. The first-order valence-corrected chi connectivity index (χ1v) is 10.2. The van der Waals surface area contributed by atoms with Gasteiger partial charge in [-0.1, -0.05) is 49.7 Å².